The highest BCUT2D eigenvalue weighted by molar-refractivity contribution is 7.88. The van der Waals surface area contributed by atoms with Crippen LogP contribution in [0.4, 0.5) is 0 Å². The van der Waals surface area contributed by atoms with Crippen molar-refractivity contribution in [1.82, 2.24) is 4.72 Å². The lowest BCUT2D eigenvalue weighted by Gasteiger charge is -2.28. The van der Waals surface area contributed by atoms with Crippen LogP contribution in [-0.2, 0) is 19.6 Å². The van der Waals surface area contributed by atoms with E-state index in [1.54, 1.807) is 13.8 Å². The molecular formula is C11H21NO4S. The lowest BCUT2D eigenvalue weighted by atomic mass is 9.97. The molecule has 0 aromatic rings. The van der Waals surface area contributed by atoms with Gasteiger partial charge in [-0.15, -0.1) is 0 Å². The Morgan fingerprint density at radius 1 is 1.47 bits per heavy atom. The lowest BCUT2D eigenvalue weighted by molar-refractivity contribution is -0.139. The molecule has 1 atom stereocenters. The van der Waals surface area contributed by atoms with Crippen LogP contribution >= 0.6 is 0 Å². The van der Waals surface area contributed by atoms with E-state index in [1.165, 1.54) is 0 Å². The van der Waals surface area contributed by atoms with Gasteiger partial charge in [-0.05, 0) is 20.3 Å². The molecule has 0 aliphatic heterocycles. The molecule has 1 unspecified atom stereocenters. The van der Waals surface area contributed by atoms with Crippen molar-refractivity contribution in [3.63, 3.8) is 0 Å². The van der Waals surface area contributed by atoms with E-state index in [2.05, 4.69) is 11.3 Å². The summed E-state index contributed by atoms with van der Waals surface area (Å²) in [6, 6.07) is 0. The van der Waals surface area contributed by atoms with Gasteiger partial charge >= 0.3 is 5.97 Å². The molecule has 0 saturated heterocycles. The first-order chi connectivity index (χ1) is 7.59. The van der Waals surface area contributed by atoms with Crippen molar-refractivity contribution in [2.45, 2.75) is 39.2 Å². The van der Waals surface area contributed by atoms with Gasteiger partial charge in [0.05, 0.1) is 12.9 Å². The highest BCUT2D eigenvalue weighted by Crippen LogP contribution is 2.15. The molecule has 17 heavy (non-hydrogen) atoms. The van der Waals surface area contributed by atoms with E-state index in [0.717, 1.165) is 6.26 Å². The molecule has 100 valence electrons. The Bertz CT molecular complexity index is 388. The third-order valence-corrected chi connectivity index (χ3v) is 3.31. The van der Waals surface area contributed by atoms with Crippen LogP contribution in [0.15, 0.2) is 12.2 Å². The molecular weight excluding hydrogens is 242 g/mol. The average Bonchev–Trinajstić information content (AvgIpc) is 2.14. The minimum Gasteiger partial charge on any atom is -0.462 e. The van der Waals surface area contributed by atoms with Gasteiger partial charge in [-0.1, -0.05) is 13.5 Å². The average molecular weight is 263 g/mol. The Labute approximate surface area is 103 Å². The molecule has 6 heteroatoms. The monoisotopic (exact) mass is 263 g/mol. The Kier molecular flexibility index (Phi) is 5.84. The zero-order valence-electron chi connectivity index (χ0n) is 10.9. The maximum Gasteiger partial charge on any atom is 0.333 e. The third-order valence-electron chi connectivity index (χ3n) is 2.45. The summed E-state index contributed by atoms with van der Waals surface area (Å²) >= 11 is 0. The topological polar surface area (TPSA) is 72.5 Å². The van der Waals surface area contributed by atoms with Crippen molar-refractivity contribution in [2.75, 3.05) is 12.9 Å². The number of sulfonamides is 1. The summed E-state index contributed by atoms with van der Waals surface area (Å²) in [6.07, 6.45) is 2.15. The maximum absolute atomic E-state index is 11.2. The van der Waals surface area contributed by atoms with Crippen molar-refractivity contribution < 1.29 is 17.9 Å². The molecule has 5 nitrogen and oxygen atoms in total. The normalized spacial score (nSPS) is 15.1. The summed E-state index contributed by atoms with van der Waals surface area (Å²) in [6.45, 7) is 8.85. The maximum atomic E-state index is 11.2. The lowest BCUT2D eigenvalue weighted by Crippen LogP contribution is -2.45. The van der Waals surface area contributed by atoms with E-state index in [1.807, 2.05) is 6.92 Å². The van der Waals surface area contributed by atoms with E-state index in [4.69, 9.17) is 4.74 Å². The fourth-order valence-electron chi connectivity index (χ4n) is 1.24. The van der Waals surface area contributed by atoms with Gasteiger partial charge < -0.3 is 4.74 Å². The molecule has 0 fully saturated rings. The molecule has 0 aliphatic rings. The minimum atomic E-state index is -3.27. The highest BCUT2D eigenvalue weighted by Gasteiger charge is 2.26. The molecule has 0 heterocycles. The van der Waals surface area contributed by atoms with Crippen LogP contribution < -0.4 is 4.72 Å². The second-order valence-corrected chi connectivity index (χ2v) is 6.20. The number of nitrogens with one attached hydrogen (secondary N) is 1. The smallest absolute Gasteiger partial charge is 0.333 e. The fraction of sp³-hybridized carbons (Fsp3) is 0.727. The number of hydrogen-bond acceptors (Lipinski definition) is 4. The number of ether oxygens (including phenoxy) is 1. The summed E-state index contributed by atoms with van der Waals surface area (Å²) < 4.78 is 29.8. The predicted molar refractivity (Wildman–Crippen MR) is 67.1 cm³/mol. The van der Waals surface area contributed by atoms with Crippen LogP contribution in [0.5, 0.6) is 0 Å². The predicted octanol–water partition coefficient (Wildman–Crippen LogP) is 1.21. The molecule has 0 aliphatic carbocycles. The fourth-order valence-corrected chi connectivity index (χ4v) is 2.38. The van der Waals surface area contributed by atoms with E-state index in [-0.39, 0.29) is 6.61 Å². The molecule has 0 saturated carbocycles. The number of esters is 1. The van der Waals surface area contributed by atoms with Gasteiger partial charge in [0.1, 0.15) is 0 Å². The van der Waals surface area contributed by atoms with Crippen molar-refractivity contribution in [1.29, 1.82) is 0 Å². The van der Waals surface area contributed by atoms with E-state index in [0.29, 0.717) is 18.4 Å². The summed E-state index contributed by atoms with van der Waals surface area (Å²) in [7, 11) is -3.27. The SMILES string of the molecule is C=C(C)C(=O)OCCC(C)(CC)NS(C)(=O)=O. The minimum absolute atomic E-state index is 0.165. The zero-order chi connectivity index (χ0) is 13.7. The van der Waals surface area contributed by atoms with Gasteiger partial charge in [0.15, 0.2) is 0 Å². The second-order valence-electron chi connectivity index (χ2n) is 4.45. The van der Waals surface area contributed by atoms with Gasteiger partial charge in [0.2, 0.25) is 10.0 Å². The van der Waals surface area contributed by atoms with Crippen LogP contribution in [0, 0.1) is 0 Å². The molecule has 0 aromatic heterocycles. The number of rotatable bonds is 7. The molecule has 0 radical (unpaired) electrons. The van der Waals surface area contributed by atoms with Gasteiger partial charge in [-0.25, -0.2) is 17.9 Å². The summed E-state index contributed by atoms with van der Waals surface area (Å²) in [5.41, 5.74) is -0.262. The van der Waals surface area contributed by atoms with Gasteiger partial charge in [0, 0.05) is 17.5 Å². The Hall–Kier alpha value is -0.880. The standard InChI is InChI=1S/C11H21NO4S/c1-6-11(4,12-17(5,14)15)7-8-16-10(13)9(2)3/h12H,2,6-8H2,1,3-5H3. The molecule has 0 bridgehead atoms. The van der Waals surface area contributed by atoms with Gasteiger partial charge in [-0.3, -0.25) is 0 Å². The van der Waals surface area contributed by atoms with Crippen molar-refractivity contribution >= 4 is 16.0 Å². The van der Waals surface area contributed by atoms with Crippen LogP contribution in [0.1, 0.15) is 33.6 Å². The molecule has 0 aromatic carbocycles. The van der Waals surface area contributed by atoms with Crippen molar-refractivity contribution in [3.05, 3.63) is 12.2 Å². The molecule has 0 amide bonds. The first kappa shape index (κ1) is 16.1. The number of carbonyl (C=O) groups excluding carboxylic acids is 1. The number of hydrogen-bond donors (Lipinski definition) is 1. The van der Waals surface area contributed by atoms with Crippen LogP contribution in [0.25, 0.3) is 0 Å². The summed E-state index contributed by atoms with van der Waals surface area (Å²) in [4.78, 5) is 11.1. The third kappa shape index (κ3) is 7.12. The van der Waals surface area contributed by atoms with Crippen LogP contribution in [-0.4, -0.2) is 32.8 Å². The summed E-state index contributed by atoms with van der Waals surface area (Å²) in [5.74, 6) is -0.456. The Balaban J connectivity index is 4.32. The van der Waals surface area contributed by atoms with Crippen LogP contribution in [0.2, 0.25) is 0 Å². The van der Waals surface area contributed by atoms with E-state index in [9.17, 15) is 13.2 Å². The quantitative estimate of drug-likeness (QED) is 0.553. The molecule has 0 rings (SSSR count). The van der Waals surface area contributed by atoms with Gasteiger partial charge in [-0.2, -0.15) is 0 Å². The molecule has 1 N–H and O–H groups in total. The second kappa shape index (κ2) is 6.16. The Morgan fingerprint density at radius 3 is 2.35 bits per heavy atom. The first-order valence-electron chi connectivity index (χ1n) is 5.41. The first-order valence-corrected chi connectivity index (χ1v) is 7.30. The van der Waals surface area contributed by atoms with Crippen molar-refractivity contribution in [3.8, 4) is 0 Å². The van der Waals surface area contributed by atoms with E-state index < -0.39 is 21.5 Å². The largest absolute Gasteiger partial charge is 0.462 e. The number of carbonyl (C=O) groups is 1. The highest BCUT2D eigenvalue weighted by atomic mass is 32.2. The van der Waals surface area contributed by atoms with Crippen LogP contribution in [0.3, 0.4) is 0 Å². The zero-order valence-corrected chi connectivity index (χ0v) is 11.7. The van der Waals surface area contributed by atoms with Crippen molar-refractivity contribution in [2.24, 2.45) is 0 Å². The van der Waals surface area contributed by atoms with E-state index >= 15 is 0 Å². The van der Waals surface area contributed by atoms with Gasteiger partial charge in [0.25, 0.3) is 0 Å². The molecule has 0 spiro atoms. The Morgan fingerprint density at radius 2 is 2.00 bits per heavy atom. The summed E-state index contributed by atoms with van der Waals surface area (Å²) in [5, 5.41) is 0.